The highest BCUT2D eigenvalue weighted by Gasteiger charge is 2.53. The van der Waals surface area contributed by atoms with Gasteiger partial charge in [-0.25, -0.2) is 0 Å². The lowest BCUT2D eigenvalue weighted by Gasteiger charge is -2.31. The zero-order valence-corrected chi connectivity index (χ0v) is 10.6. The molecular formula is C14H25NO. The molecule has 3 fully saturated rings. The largest absolute Gasteiger partial charge is 0.301 e. The monoisotopic (exact) mass is 223 g/mol. The van der Waals surface area contributed by atoms with Crippen LogP contribution in [0.15, 0.2) is 0 Å². The fourth-order valence-corrected chi connectivity index (χ4v) is 4.53. The van der Waals surface area contributed by atoms with E-state index in [1.807, 2.05) is 0 Å². The van der Waals surface area contributed by atoms with Gasteiger partial charge in [-0.1, -0.05) is 20.3 Å². The number of hydroxylamine groups is 1. The first-order valence-electron chi connectivity index (χ1n) is 7.13. The molecule has 3 aliphatic rings. The second-order valence-corrected chi connectivity index (χ2v) is 6.58. The van der Waals surface area contributed by atoms with Gasteiger partial charge in [-0.3, -0.25) is 0 Å². The average molecular weight is 223 g/mol. The van der Waals surface area contributed by atoms with Crippen molar-refractivity contribution in [1.29, 1.82) is 0 Å². The van der Waals surface area contributed by atoms with Crippen LogP contribution in [0.3, 0.4) is 0 Å². The molecule has 0 aromatic rings. The highest BCUT2D eigenvalue weighted by Crippen LogP contribution is 2.58. The van der Waals surface area contributed by atoms with Gasteiger partial charge >= 0.3 is 0 Å². The molecule has 5 atom stereocenters. The molecule has 0 aromatic heterocycles. The van der Waals surface area contributed by atoms with Crippen LogP contribution in [-0.2, 0) is 4.84 Å². The molecule has 2 bridgehead atoms. The lowest BCUT2D eigenvalue weighted by Crippen LogP contribution is -2.39. The number of hydrogen-bond acceptors (Lipinski definition) is 2. The highest BCUT2D eigenvalue weighted by atomic mass is 16.6. The van der Waals surface area contributed by atoms with E-state index in [9.17, 15) is 0 Å². The van der Waals surface area contributed by atoms with Gasteiger partial charge in [0.25, 0.3) is 0 Å². The molecule has 0 radical (unpaired) electrons. The Kier molecular flexibility index (Phi) is 2.97. The molecule has 0 spiro atoms. The van der Waals surface area contributed by atoms with Crippen molar-refractivity contribution in [3.8, 4) is 0 Å². The number of rotatable bonds is 4. The van der Waals surface area contributed by atoms with Gasteiger partial charge in [0, 0.05) is 6.04 Å². The normalized spacial score (nSPS) is 45.6. The molecular weight excluding hydrogens is 198 g/mol. The van der Waals surface area contributed by atoms with Crippen LogP contribution < -0.4 is 5.48 Å². The molecule has 3 aliphatic carbocycles. The number of nitrogens with one attached hydrogen (secondary N) is 1. The predicted molar refractivity (Wildman–Crippen MR) is 64.8 cm³/mol. The third-order valence-corrected chi connectivity index (χ3v) is 5.08. The summed E-state index contributed by atoms with van der Waals surface area (Å²) in [5, 5.41) is 0. The summed E-state index contributed by atoms with van der Waals surface area (Å²) in [4.78, 5) is 5.63. The second-order valence-electron chi connectivity index (χ2n) is 6.58. The summed E-state index contributed by atoms with van der Waals surface area (Å²) in [6.07, 6.45) is 7.36. The molecule has 1 N–H and O–H groups in total. The molecule has 5 unspecified atom stereocenters. The minimum absolute atomic E-state index is 0.630. The minimum atomic E-state index is 0.630. The SMILES string of the molecule is CC(C)CONC1CC2CC1C1CCCC21. The van der Waals surface area contributed by atoms with Crippen molar-refractivity contribution in [3.63, 3.8) is 0 Å². The third-order valence-electron chi connectivity index (χ3n) is 5.08. The Bertz CT molecular complexity index is 253. The summed E-state index contributed by atoms with van der Waals surface area (Å²) >= 11 is 0. The van der Waals surface area contributed by atoms with E-state index in [-0.39, 0.29) is 0 Å². The average Bonchev–Trinajstić information content (AvgIpc) is 2.87. The predicted octanol–water partition coefficient (Wildman–Crippen LogP) is 2.99. The Morgan fingerprint density at radius 1 is 1.12 bits per heavy atom. The lowest BCUT2D eigenvalue weighted by molar-refractivity contribution is -0.0209. The van der Waals surface area contributed by atoms with Gasteiger partial charge in [0.2, 0.25) is 0 Å². The minimum Gasteiger partial charge on any atom is -0.301 e. The molecule has 0 saturated heterocycles. The van der Waals surface area contributed by atoms with Gasteiger partial charge < -0.3 is 4.84 Å². The summed E-state index contributed by atoms with van der Waals surface area (Å²) in [5.41, 5.74) is 3.36. The summed E-state index contributed by atoms with van der Waals surface area (Å²) in [6, 6.07) is 0.670. The Morgan fingerprint density at radius 2 is 1.94 bits per heavy atom. The third kappa shape index (κ3) is 1.80. The van der Waals surface area contributed by atoms with Gasteiger partial charge in [0.1, 0.15) is 0 Å². The fourth-order valence-electron chi connectivity index (χ4n) is 4.53. The Labute approximate surface area is 99.1 Å². The van der Waals surface area contributed by atoms with Crippen molar-refractivity contribution >= 4 is 0 Å². The fraction of sp³-hybridized carbons (Fsp3) is 1.00. The Morgan fingerprint density at radius 3 is 2.75 bits per heavy atom. The van der Waals surface area contributed by atoms with Crippen molar-refractivity contribution in [2.75, 3.05) is 6.61 Å². The maximum absolute atomic E-state index is 5.63. The molecule has 16 heavy (non-hydrogen) atoms. The van der Waals surface area contributed by atoms with Crippen LogP contribution in [0.2, 0.25) is 0 Å². The van der Waals surface area contributed by atoms with Crippen molar-refractivity contribution in [1.82, 2.24) is 5.48 Å². The van der Waals surface area contributed by atoms with E-state index in [1.165, 1.54) is 32.1 Å². The molecule has 2 heteroatoms. The zero-order valence-electron chi connectivity index (χ0n) is 10.6. The molecule has 3 rings (SSSR count). The smallest absolute Gasteiger partial charge is 0.0705 e. The molecule has 3 saturated carbocycles. The van der Waals surface area contributed by atoms with Gasteiger partial charge in [-0.05, 0) is 55.3 Å². The van der Waals surface area contributed by atoms with E-state index in [0.29, 0.717) is 12.0 Å². The maximum Gasteiger partial charge on any atom is 0.0705 e. The molecule has 92 valence electrons. The summed E-state index contributed by atoms with van der Waals surface area (Å²) < 4.78 is 0. The maximum atomic E-state index is 5.63. The molecule has 0 heterocycles. The Hall–Kier alpha value is -0.0800. The van der Waals surface area contributed by atoms with Crippen LogP contribution >= 0.6 is 0 Å². The Balaban J connectivity index is 1.52. The summed E-state index contributed by atoms with van der Waals surface area (Å²) in [6.45, 7) is 5.26. The van der Waals surface area contributed by atoms with Crippen LogP contribution in [0.4, 0.5) is 0 Å². The summed E-state index contributed by atoms with van der Waals surface area (Å²) in [5.74, 6) is 4.72. The molecule has 2 nitrogen and oxygen atoms in total. The first-order valence-corrected chi connectivity index (χ1v) is 7.13. The lowest BCUT2D eigenvalue weighted by atomic mass is 9.79. The van der Waals surface area contributed by atoms with Crippen LogP contribution in [0, 0.1) is 29.6 Å². The zero-order chi connectivity index (χ0) is 11.1. The van der Waals surface area contributed by atoms with Crippen LogP contribution in [0.1, 0.15) is 46.0 Å². The van der Waals surface area contributed by atoms with Gasteiger partial charge in [-0.15, -0.1) is 0 Å². The van der Waals surface area contributed by atoms with Gasteiger partial charge in [0.05, 0.1) is 6.61 Å². The van der Waals surface area contributed by atoms with Gasteiger partial charge in [0.15, 0.2) is 0 Å². The number of fused-ring (bicyclic) bond motifs is 5. The van der Waals surface area contributed by atoms with Crippen LogP contribution in [0.5, 0.6) is 0 Å². The van der Waals surface area contributed by atoms with Crippen molar-refractivity contribution < 1.29 is 4.84 Å². The topological polar surface area (TPSA) is 21.3 Å². The first kappa shape index (κ1) is 11.0. The van der Waals surface area contributed by atoms with Gasteiger partial charge in [-0.2, -0.15) is 5.48 Å². The van der Waals surface area contributed by atoms with Crippen molar-refractivity contribution in [3.05, 3.63) is 0 Å². The highest BCUT2D eigenvalue weighted by molar-refractivity contribution is 5.04. The van der Waals surface area contributed by atoms with Crippen molar-refractivity contribution in [2.45, 2.75) is 52.0 Å². The van der Waals surface area contributed by atoms with E-state index in [1.54, 1.807) is 0 Å². The quantitative estimate of drug-likeness (QED) is 0.740. The van der Waals surface area contributed by atoms with E-state index >= 15 is 0 Å². The van der Waals surface area contributed by atoms with E-state index in [2.05, 4.69) is 19.3 Å². The van der Waals surface area contributed by atoms with E-state index in [4.69, 9.17) is 4.84 Å². The first-order chi connectivity index (χ1) is 7.75. The number of hydrogen-bond donors (Lipinski definition) is 1. The van der Waals surface area contributed by atoms with E-state index < -0.39 is 0 Å². The standard InChI is InChI=1S/C14H25NO/c1-9(2)8-16-15-14-7-10-6-13(14)12-5-3-4-11(10)12/h9-15H,3-8H2,1-2H3. The van der Waals surface area contributed by atoms with Crippen molar-refractivity contribution in [2.24, 2.45) is 29.6 Å². The molecule has 0 aliphatic heterocycles. The van der Waals surface area contributed by atoms with E-state index in [0.717, 1.165) is 30.3 Å². The van der Waals surface area contributed by atoms with Crippen LogP contribution in [-0.4, -0.2) is 12.6 Å². The summed E-state index contributed by atoms with van der Waals surface area (Å²) in [7, 11) is 0. The molecule has 0 aromatic carbocycles. The van der Waals surface area contributed by atoms with Crippen LogP contribution in [0.25, 0.3) is 0 Å². The molecule has 0 amide bonds. The second kappa shape index (κ2) is 4.30.